The number of amides is 1. The third-order valence-electron chi connectivity index (χ3n) is 6.62. The fraction of sp³-hybridized carbons (Fsp3) is 0.226. The van der Waals surface area contributed by atoms with E-state index >= 15 is 0 Å². The average molecular weight is 527 g/mol. The Balaban J connectivity index is 1.55. The van der Waals surface area contributed by atoms with Gasteiger partial charge in [0, 0.05) is 42.0 Å². The minimum absolute atomic E-state index is 0.0877. The summed E-state index contributed by atoms with van der Waals surface area (Å²) in [5.41, 5.74) is 10.9. The molecule has 0 saturated heterocycles. The molecule has 38 heavy (non-hydrogen) atoms. The highest BCUT2D eigenvalue weighted by molar-refractivity contribution is 6.30. The Morgan fingerprint density at radius 1 is 1.03 bits per heavy atom. The van der Waals surface area contributed by atoms with Gasteiger partial charge in [0.15, 0.2) is 0 Å². The maximum absolute atomic E-state index is 13.2. The standard InChI is InChI=1S/C31H31ClN4O2/c1-19(2)29(22-5-11-23(32)12-6-22)31(37)35-24-13-7-21(8-14-24)28-17-26(27(18-33)30(34)38-28)20-9-15-25(16-10-20)36(3)4/h5-17,19,26,29H,34H2,1-4H3,(H,35,37). The van der Waals surface area contributed by atoms with Gasteiger partial charge in [-0.15, -0.1) is 0 Å². The third kappa shape index (κ3) is 5.85. The number of nitrogens with zero attached hydrogens (tertiary/aromatic N) is 2. The number of anilines is 2. The first-order valence-electron chi connectivity index (χ1n) is 12.4. The molecule has 0 fully saturated rings. The molecule has 6 nitrogen and oxygen atoms in total. The van der Waals surface area contributed by atoms with Crippen LogP contribution in [0.4, 0.5) is 11.4 Å². The van der Waals surface area contributed by atoms with Crippen LogP contribution in [-0.4, -0.2) is 20.0 Å². The van der Waals surface area contributed by atoms with Gasteiger partial charge in [-0.3, -0.25) is 4.79 Å². The van der Waals surface area contributed by atoms with Crippen LogP contribution in [0.25, 0.3) is 5.76 Å². The van der Waals surface area contributed by atoms with Crippen molar-refractivity contribution in [2.24, 2.45) is 11.7 Å². The highest BCUT2D eigenvalue weighted by Gasteiger charge is 2.27. The first kappa shape index (κ1) is 26.8. The van der Waals surface area contributed by atoms with Gasteiger partial charge in [-0.2, -0.15) is 5.26 Å². The smallest absolute Gasteiger partial charge is 0.232 e. The summed E-state index contributed by atoms with van der Waals surface area (Å²) < 4.78 is 5.84. The van der Waals surface area contributed by atoms with Crippen molar-refractivity contribution in [1.82, 2.24) is 0 Å². The number of nitriles is 1. The number of benzene rings is 3. The number of carbonyl (C=O) groups is 1. The molecule has 0 aromatic heterocycles. The minimum atomic E-state index is -0.328. The zero-order chi connectivity index (χ0) is 27.4. The van der Waals surface area contributed by atoms with E-state index in [1.54, 1.807) is 12.1 Å². The molecule has 0 radical (unpaired) electrons. The molecular weight excluding hydrogens is 496 g/mol. The number of carbonyl (C=O) groups excluding carboxylic acids is 1. The number of halogens is 1. The number of allylic oxidation sites excluding steroid dienone is 2. The molecule has 2 atom stereocenters. The molecule has 3 aromatic carbocycles. The Hall–Kier alpha value is -4.21. The lowest BCUT2D eigenvalue weighted by Crippen LogP contribution is -2.25. The van der Waals surface area contributed by atoms with Crippen LogP contribution in [0.2, 0.25) is 5.02 Å². The van der Waals surface area contributed by atoms with Crippen LogP contribution in [-0.2, 0) is 9.53 Å². The Morgan fingerprint density at radius 2 is 1.66 bits per heavy atom. The van der Waals surface area contributed by atoms with Crippen LogP contribution in [0.5, 0.6) is 0 Å². The highest BCUT2D eigenvalue weighted by Crippen LogP contribution is 2.37. The second kappa shape index (κ2) is 11.5. The van der Waals surface area contributed by atoms with Crippen LogP contribution in [0.3, 0.4) is 0 Å². The molecule has 1 aliphatic rings. The fourth-order valence-electron chi connectivity index (χ4n) is 4.56. The predicted molar refractivity (Wildman–Crippen MR) is 154 cm³/mol. The fourth-order valence-corrected chi connectivity index (χ4v) is 4.69. The van der Waals surface area contributed by atoms with Gasteiger partial charge in [0.1, 0.15) is 17.4 Å². The van der Waals surface area contributed by atoms with Crippen molar-refractivity contribution in [2.75, 3.05) is 24.3 Å². The molecule has 0 bridgehead atoms. The number of hydrogen-bond donors (Lipinski definition) is 2. The van der Waals surface area contributed by atoms with Gasteiger partial charge in [-0.05, 0) is 71.7 Å². The van der Waals surface area contributed by atoms with E-state index in [0.717, 1.165) is 22.4 Å². The highest BCUT2D eigenvalue weighted by atomic mass is 35.5. The van der Waals surface area contributed by atoms with Gasteiger partial charge in [-0.25, -0.2) is 0 Å². The molecule has 4 rings (SSSR count). The molecular formula is C31H31ClN4O2. The lowest BCUT2D eigenvalue weighted by molar-refractivity contribution is -0.118. The predicted octanol–water partition coefficient (Wildman–Crippen LogP) is 6.63. The molecule has 7 heteroatoms. The van der Waals surface area contributed by atoms with Gasteiger partial charge in [-0.1, -0.05) is 49.7 Å². The van der Waals surface area contributed by atoms with Crippen molar-refractivity contribution in [1.29, 1.82) is 5.26 Å². The van der Waals surface area contributed by atoms with Crippen molar-refractivity contribution >= 4 is 34.6 Å². The van der Waals surface area contributed by atoms with E-state index in [4.69, 9.17) is 22.1 Å². The molecule has 1 amide bonds. The number of nitrogens with one attached hydrogen (secondary N) is 1. The normalized spacial score (nSPS) is 15.8. The molecule has 0 spiro atoms. The molecule has 3 aromatic rings. The Labute approximate surface area is 229 Å². The summed E-state index contributed by atoms with van der Waals surface area (Å²) in [4.78, 5) is 15.2. The van der Waals surface area contributed by atoms with Crippen molar-refractivity contribution in [3.8, 4) is 6.07 Å². The Morgan fingerprint density at radius 3 is 2.21 bits per heavy atom. The summed E-state index contributed by atoms with van der Waals surface area (Å²) in [6, 6.07) is 25.0. The van der Waals surface area contributed by atoms with Crippen LogP contribution >= 0.6 is 11.6 Å². The number of nitrogens with two attached hydrogens (primary N) is 1. The molecule has 0 saturated carbocycles. The second-order valence-electron chi connectivity index (χ2n) is 9.83. The molecule has 1 aliphatic heterocycles. The summed E-state index contributed by atoms with van der Waals surface area (Å²) in [7, 11) is 3.96. The first-order chi connectivity index (χ1) is 18.2. The van der Waals surface area contributed by atoms with E-state index in [-0.39, 0.29) is 29.5 Å². The minimum Gasteiger partial charge on any atom is -0.440 e. The van der Waals surface area contributed by atoms with Crippen LogP contribution in [0.15, 0.2) is 90.3 Å². The third-order valence-corrected chi connectivity index (χ3v) is 6.87. The summed E-state index contributed by atoms with van der Waals surface area (Å²) in [6.45, 7) is 4.04. The summed E-state index contributed by atoms with van der Waals surface area (Å²) >= 11 is 6.03. The van der Waals surface area contributed by atoms with Gasteiger partial charge in [0.25, 0.3) is 0 Å². The van der Waals surface area contributed by atoms with E-state index in [1.165, 1.54) is 0 Å². The summed E-state index contributed by atoms with van der Waals surface area (Å²) in [5.74, 6) is 0.0178. The van der Waals surface area contributed by atoms with Crippen LogP contribution in [0.1, 0.15) is 42.4 Å². The lowest BCUT2D eigenvalue weighted by atomic mass is 9.87. The molecule has 0 aliphatic carbocycles. The topological polar surface area (TPSA) is 91.4 Å². The van der Waals surface area contributed by atoms with E-state index in [0.29, 0.717) is 22.0 Å². The largest absolute Gasteiger partial charge is 0.440 e. The van der Waals surface area contributed by atoms with Crippen molar-refractivity contribution < 1.29 is 9.53 Å². The van der Waals surface area contributed by atoms with Crippen molar-refractivity contribution in [3.05, 3.63) is 112 Å². The molecule has 3 N–H and O–H groups in total. The van der Waals surface area contributed by atoms with Gasteiger partial charge in [0.2, 0.25) is 11.8 Å². The van der Waals surface area contributed by atoms with E-state index < -0.39 is 0 Å². The van der Waals surface area contributed by atoms with Gasteiger partial charge >= 0.3 is 0 Å². The summed E-state index contributed by atoms with van der Waals surface area (Å²) in [5, 5.41) is 13.4. The SMILES string of the molecule is CC(C)C(C(=O)Nc1ccc(C2=CC(c3ccc(N(C)C)cc3)C(C#N)=C(N)O2)cc1)c1ccc(Cl)cc1. The second-order valence-corrected chi connectivity index (χ2v) is 10.3. The monoisotopic (exact) mass is 526 g/mol. The van der Waals surface area contributed by atoms with E-state index in [2.05, 4.69) is 11.4 Å². The van der Waals surface area contributed by atoms with Crippen molar-refractivity contribution in [3.63, 3.8) is 0 Å². The number of rotatable bonds is 7. The average Bonchev–Trinajstić information content (AvgIpc) is 2.89. The van der Waals surface area contributed by atoms with E-state index in [9.17, 15) is 10.1 Å². The maximum atomic E-state index is 13.2. The Kier molecular flexibility index (Phi) is 8.09. The zero-order valence-electron chi connectivity index (χ0n) is 21.9. The first-order valence-corrected chi connectivity index (χ1v) is 12.8. The maximum Gasteiger partial charge on any atom is 0.232 e. The molecule has 1 heterocycles. The molecule has 194 valence electrons. The number of ether oxygens (including phenoxy) is 1. The lowest BCUT2D eigenvalue weighted by Gasteiger charge is -2.24. The Bertz CT molecular complexity index is 1400. The van der Waals surface area contributed by atoms with E-state index in [1.807, 2.05) is 99.6 Å². The van der Waals surface area contributed by atoms with Gasteiger partial charge < -0.3 is 20.7 Å². The summed E-state index contributed by atoms with van der Waals surface area (Å²) in [6.07, 6.45) is 1.91. The zero-order valence-corrected chi connectivity index (χ0v) is 22.7. The molecule has 2 unspecified atom stereocenters. The number of hydrogen-bond acceptors (Lipinski definition) is 5. The quantitative estimate of drug-likeness (QED) is 0.360. The van der Waals surface area contributed by atoms with Crippen LogP contribution < -0.4 is 16.0 Å². The van der Waals surface area contributed by atoms with Crippen molar-refractivity contribution in [2.45, 2.75) is 25.7 Å². The van der Waals surface area contributed by atoms with Crippen LogP contribution in [0, 0.1) is 17.2 Å². The van der Waals surface area contributed by atoms with Gasteiger partial charge in [0.05, 0.1) is 5.92 Å².